The molecule has 1 spiro atoms. The van der Waals surface area contributed by atoms with Gasteiger partial charge >= 0.3 is 0 Å². The molecule has 66 valence electrons. The molecule has 2 bridgehead atoms. The molecular weight excluding hydrogens is 152 g/mol. The zero-order valence-corrected chi connectivity index (χ0v) is 7.12. The second kappa shape index (κ2) is 2.24. The first-order valence-corrected chi connectivity index (χ1v) is 4.73. The molecule has 0 amide bonds. The largest absolute Gasteiger partial charge is 0.300 e. The van der Waals surface area contributed by atoms with Crippen molar-refractivity contribution in [3.05, 3.63) is 12.3 Å². The van der Waals surface area contributed by atoms with Crippen LogP contribution in [0.4, 0.5) is 0 Å². The fraction of sp³-hybridized carbons (Fsp3) is 0.778. The van der Waals surface area contributed by atoms with Gasteiger partial charge in [0.05, 0.1) is 0 Å². The van der Waals surface area contributed by atoms with Crippen molar-refractivity contribution in [2.75, 3.05) is 19.6 Å². The number of rotatable bonds is 0. The van der Waals surface area contributed by atoms with E-state index in [1.165, 1.54) is 25.9 Å². The van der Waals surface area contributed by atoms with Crippen molar-refractivity contribution in [1.82, 2.24) is 10.4 Å². The molecule has 0 saturated carbocycles. The Morgan fingerprint density at radius 1 is 1.42 bits per heavy atom. The Kier molecular flexibility index (Phi) is 1.29. The quantitative estimate of drug-likeness (QED) is 0.567. The van der Waals surface area contributed by atoms with E-state index in [1.807, 2.05) is 6.20 Å². The minimum atomic E-state index is 0.0243. The van der Waals surface area contributed by atoms with E-state index in [0.29, 0.717) is 0 Å². The summed E-state index contributed by atoms with van der Waals surface area (Å²) < 4.78 is 0. The van der Waals surface area contributed by atoms with Crippen molar-refractivity contribution in [2.45, 2.75) is 18.4 Å². The first-order valence-electron chi connectivity index (χ1n) is 4.73. The molecule has 3 saturated heterocycles. The van der Waals surface area contributed by atoms with Crippen LogP contribution in [0.1, 0.15) is 12.8 Å². The lowest BCUT2D eigenvalue weighted by Gasteiger charge is -2.49. The predicted molar refractivity (Wildman–Crippen MR) is 45.3 cm³/mol. The van der Waals surface area contributed by atoms with Gasteiger partial charge in [-0.2, -0.15) is 0 Å². The normalized spacial score (nSPS) is 50.0. The summed E-state index contributed by atoms with van der Waals surface area (Å²) in [6.45, 7) is 3.62. The number of piperidine rings is 3. The summed E-state index contributed by atoms with van der Waals surface area (Å²) >= 11 is 0. The number of nitrogens with one attached hydrogen (secondary N) is 1. The Hall–Kier alpha value is -0.540. The van der Waals surface area contributed by atoms with Crippen LogP contribution in [0.5, 0.6) is 0 Å². The molecule has 1 unspecified atom stereocenters. The summed E-state index contributed by atoms with van der Waals surface area (Å²) in [4.78, 5) is 8.11. The van der Waals surface area contributed by atoms with Crippen LogP contribution < -0.4 is 5.48 Å². The molecule has 0 aromatic heterocycles. The second-order valence-corrected chi connectivity index (χ2v) is 4.06. The van der Waals surface area contributed by atoms with Crippen LogP contribution in [0.3, 0.4) is 0 Å². The Morgan fingerprint density at radius 2 is 2.25 bits per heavy atom. The number of fused-ring (bicyclic) bond motifs is 2. The summed E-state index contributed by atoms with van der Waals surface area (Å²) in [6, 6.07) is 0. The molecular formula is C9H14N2O. The summed E-state index contributed by atoms with van der Waals surface area (Å²) in [7, 11) is 0. The highest BCUT2D eigenvalue weighted by atomic mass is 16.7. The fourth-order valence-electron chi connectivity index (χ4n) is 2.72. The first-order chi connectivity index (χ1) is 5.89. The summed E-state index contributed by atoms with van der Waals surface area (Å²) in [5.41, 5.74) is 2.88. The molecule has 4 aliphatic rings. The van der Waals surface area contributed by atoms with Crippen molar-refractivity contribution in [3.8, 4) is 0 Å². The highest BCUT2D eigenvalue weighted by molar-refractivity contribution is 5.13. The van der Waals surface area contributed by atoms with Gasteiger partial charge in [0.15, 0.2) is 0 Å². The van der Waals surface area contributed by atoms with E-state index < -0.39 is 0 Å². The monoisotopic (exact) mass is 166 g/mol. The fourth-order valence-corrected chi connectivity index (χ4v) is 2.72. The van der Waals surface area contributed by atoms with Gasteiger partial charge in [0, 0.05) is 12.7 Å². The van der Waals surface area contributed by atoms with Crippen LogP contribution in [0, 0.1) is 5.92 Å². The van der Waals surface area contributed by atoms with Crippen LogP contribution in [0.2, 0.25) is 0 Å². The van der Waals surface area contributed by atoms with E-state index in [9.17, 15) is 0 Å². The average molecular weight is 166 g/mol. The van der Waals surface area contributed by atoms with E-state index in [1.54, 1.807) is 0 Å². The highest BCUT2D eigenvalue weighted by Gasteiger charge is 2.48. The number of hydrogen-bond acceptors (Lipinski definition) is 3. The molecule has 1 N–H and O–H groups in total. The average Bonchev–Trinajstić information content (AvgIpc) is 2.55. The van der Waals surface area contributed by atoms with Gasteiger partial charge in [-0.15, -0.1) is 0 Å². The van der Waals surface area contributed by atoms with E-state index in [-0.39, 0.29) is 5.60 Å². The van der Waals surface area contributed by atoms with Crippen molar-refractivity contribution in [3.63, 3.8) is 0 Å². The Balaban J connectivity index is 1.91. The maximum Gasteiger partial charge on any atom is 0.131 e. The third-order valence-electron chi connectivity index (χ3n) is 3.43. The van der Waals surface area contributed by atoms with Gasteiger partial charge in [-0.3, -0.25) is 15.2 Å². The smallest absolute Gasteiger partial charge is 0.131 e. The molecule has 3 heteroatoms. The zero-order chi connectivity index (χ0) is 8.02. The molecule has 0 aliphatic carbocycles. The van der Waals surface area contributed by atoms with E-state index in [4.69, 9.17) is 4.84 Å². The lowest BCUT2D eigenvalue weighted by atomic mass is 9.75. The second-order valence-electron chi connectivity index (χ2n) is 4.06. The van der Waals surface area contributed by atoms with Crippen molar-refractivity contribution >= 4 is 0 Å². The van der Waals surface area contributed by atoms with Gasteiger partial charge in [-0.05, 0) is 37.9 Å². The van der Waals surface area contributed by atoms with Crippen LogP contribution in [0.25, 0.3) is 0 Å². The molecule has 0 aromatic rings. The molecule has 3 fully saturated rings. The summed E-state index contributed by atoms with van der Waals surface area (Å²) in [6.07, 6.45) is 6.73. The number of hydrogen-bond donors (Lipinski definition) is 1. The molecule has 12 heavy (non-hydrogen) atoms. The van der Waals surface area contributed by atoms with E-state index in [0.717, 1.165) is 12.5 Å². The van der Waals surface area contributed by atoms with Gasteiger partial charge in [0.1, 0.15) is 5.60 Å². The van der Waals surface area contributed by atoms with Crippen LogP contribution in [-0.4, -0.2) is 30.1 Å². The summed E-state index contributed by atoms with van der Waals surface area (Å²) in [5.74, 6) is 0.744. The lowest BCUT2D eigenvalue weighted by Crippen LogP contribution is -2.58. The van der Waals surface area contributed by atoms with E-state index in [2.05, 4.69) is 16.5 Å². The minimum absolute atomic E-state index is 0.0243. The molecule has 3 nitrogen and oxygen atoms in total. The molecule has 1 atom stereocenters. The predicted octanol–water partition coefficient (Wildman–Crippen LogP) is 0.499. The molecule has 0 radical (unpaired) electrons. The molecule has 4 rings (SSSR count). The maximum absolute atomic E-state index is 5.61. The highest BCUT2D eigenvalue weighted by Crippen LogP contribution is 2.39. The van der Waals surface area contributed by atoms with Gasteiger partial charge in [-0.1, -0.05) is 0 Å². The van der Waals surface area contributed by atoms with Crippen LogP contribution in [0.15, 0.2) is 12.3 Å². The SMILES string of the molecule is C1=CC2(CN3CCC2CC3)ON1. The van der Waals surface area contributed by atoms with Crippen molar-refractivity contribution in [1.29, 1.82) is 0 Å². The third-order valence-corrected chi connectivity index (χ3v) is 3.43. The Labute approximate surface area is 72.3 Å². The van der Waals surface area contributed by atoms with Crippen molar-refractivity contribution < 1.29 is 4.84 Å². The minimum Gasteiger partial charge on any atom is -0.300 e. The zero-order valence-electron chi connectivity index (χ0n) is 7.12. The molecule has 4 aliphatic heterocycles. The van der Waals surface area contributed by atoms with Gasteiger partial charge in [0.2, 0.25) is 0 Å². The summed E-state index contributed by atoms with van der Waals surface area (Å²) in [5, 5.41) is 0. The van der Waals surface area contributed by atoms with Gasteiger partial charge in [-0.25, -0.2) is 0 Å². The lowest BCUT2D eigenvalue weighted by molar-refractivity contribution is -0.137. The Morgan fingerprint density at radius 3 is 2.75 bits per heavy atom. The number of nitrogens with zero attached hydrogens (tertiary/aromatic N) is 1. The standard InChI is InChI=1S/C9H14N2O/c1-5-11-6-2-8(1)9(7-11)3-4-10-12-9/h3-4,8,10H,1-2,5-7H2. The maximum atomic E-state index is 5.61. The van der Waals surface area contributed by atoms with Crippen LogP contribution in [-0.2, 0) is 4.84 Å². The molecule has 4 heterocycles. The van der Waals surface area contributed by atoms with Crippen molar-refractivity contribution in [2.24, 2.45) is 5.92 Å². The third kappa shape index (κ3) is 0.780. The topological polar surface area (TPSA) is 24.5 Å². The van der Waals surface area contributed by atoms with Crippen LogP contribution >= 0.6 is 0 Å². The Bertz CT molecular complexity index is 221. The van der Waals surface area contributed by atoms with E-state index >= 15 is 0 Å². The first kappa shape index (κ1) is 6.92. The molecule has 0 aromatic carbocycles. The number of hydroxylamine groups is 1. The van der Waals surface area contributed by atoms with Gasteiger partial charge < -0.3 is 0 Å². The van der Waals surface area contributed by atoms with Gasteiger partial charge in [0.25, 0.3) is 0 Å².